The van der Waals surface area contributed by atoms with E-state index in [1.54, 1.807) is 13.0 Å². The Hall–Kier alpha value is -4.38. The number of ether oxygens (including phenoxy) is 1. The van der Waals surface area contributed by atoms with Crippen LogP contribution in [-0.2, 0) is 22.0 Å². The summed E-state index contributed by atoms with van der Waals surface area (Å²) in [4.78, 5) is 13.4. The van der Waals surface area contributed by atoms with E-state index < -0.39 is 38.3 Å². The molecule has 0 spiro atoms. The van der Waals surface area contributed by atoms with Gasteiger partial charge in [-0.05, 0) is 66.8 Å². The third kappa shape index (κ3) is 5.01. The fourth-order valence-corrected chi connectivity index (χ4v) is 6.75. The molecule has 7 nitrogen and oxygen atoms in total. The van der Waals surface area contributed by atoms with Gasteiger partial charge in [-0.1, -0.05) is 18.2 Å². The molecule has 1 fully saturated rings. The van der Waals surface area contributed by atoms with Crippen molar-refractivity contribution < 1.29 is 31.1 Å². The lowest BCUT2D eigenvalue weighted by Gasteiger charge is -2.13. The average molecular weight is 580 g/mol. The summed E-state index contributed by atoms with van der Waals surface area (Å²) in [6.07, 6.45) is 4.12. The molecule has 0 unspecified atom stereocenters. The summed E-state index contributed by atoms with van der Waals surface area (Å²) >= 11 is 0. The van der Waals surface area contributed by atoms with Crippen LogP contribution < -0.4 is 10.5 Å². The summed E-state index contributed by atoms with van der Waals surface area (Å²) in [5.41, 5.74) is 8.18. The van der Waals surface area contributed by atoms with Crippen molar-refractivity contribution in [1.29, 1.82) is 0 Å². The van der Waals surface area contributed by atoms with Gasteiger partial charge in [0.1, 0.15) is 23.1 Å². The predicted molar refractivity (Wildman–Crippen MR) is 147 cm³/mol. The first kappa shape index (κ1) is 26.8. The first-order valence-corrected chi connectivity index (χ1v) is 14.6. The molecule has 0 saturated heterocycles. The number of nitrogens with two attached hydrogens (primary N) is 1. The summed E-state index contributed by atoms with van der Waals surface area (Å²) in [7, 11) is -3.42. The Morgan fingerprint density at radius 1 is 1.07 bits per heavy atom. The lowest BCUT2D eigenvalue weighted by atomic mass is 10.0. The van der Waals surface area contributed by atoms with Crippen LogP contribution in [0.3, 0.4) is 0 Å². The normalized spacial score (nSPS) is 14.6. The molecule has 0 amide bonds. The summed E-state index contributed by atoms with van der Waals surface area (Å²) < 4.78 is 75.3. The smallest absolute Gasteiger partial charge is 0.194 e. The van der Waals surface area contributed by atoms with Gasteiger partial charge in [0.25, 0.3) is 0 Å². The number of allylic oxidation sites excluding steroid dienone is 1. The third-order valence-electron chi connectivity index (χ3n) is 7.25. The van der Waals surface area contributed by atoms with Crippen LogP contribution in [-0.4, -0.2) is 29.2 Å². The van der Waals surface area contributed by atoms with Gasteiger partial charge in [-0.3, -0.25) is 4.79 Å². The number of nitrogen functional groups attached to an aromatic ring is 1. The van der Waals surface area contributed by atoms with Crippen LogP contribution in [0.15, 0.2) is 60.3 Å². The van der Waals surface area contributed by atoms with E-state index in [4.69, 9.17) is 10.5 Å². The maximum atomic E-state index is 15.3. The van der Waals surface area contributed by atoms with Crippen molar-refractivity contribution in [2.75, 3.05) is 5.73 Å². The highest BCUT2D eigenvalue weighted by Gasteiger charge is 2.36. The Morgan fingerprint density at radius 3 is 2.54 bits per heavy atom. The number of carbonyl (C=O) groups is 1. The van der Waals surface area contributed by atoms with Gasteiger partial charge >= 0.3 is 0 Å². The zero-order chi connectivity index (χ0) is 29.1. The Balaban J connectivity index is 1.24. The first-order chi connectivity index (χ1) is 19.5. The molecule has 3 aromatic carbocycles. The number of ketones is 1. The lowest BCUT2D eigenvalue weighted by molar-refractivity contribution is 0.103. The van der Waals surface area contributed by atoms with Crippen LogP contribution >= 0.6 is 0 Å². The zero-order valence-corrected chi connectivity index (χ0v) is 22.6. The predicted octanol–water partition coefficient (Wildman–Crippen LogP) is 5.87. The second kappa shape index (κ2) is 9.91. The van der Waals surface area contributed by atoms with Gasteiger partial charge in [0.15, 0.2) is 33.0 Å². The fraction of sp³-hybridized carbons (Fsp3) is 0.200. The molecule has 0 radical (unpaired) electrons. The third-order valence-corrected chi connectivity index (χ3v) is 9.45. The molecule has 1 heterocycles. The molecule has 2 aliphatic rings. The number of sulfone groups is 1. The number of Topliss-reactive ketones (excluding diaryl/α,β-unsaturated/α-hetero) is 1. The molecule has 1 aromatic heterocycles. The van der Waals surface area contributed by atoms with Crippen molar-refractivity contribution in [3.8, 4) is 17.2 Å². The average Bonchev–Trinajstić information content (AvgIpc) is 3.61. The van der Waals surface area contributed by atoms with Crippen molar-refractivity contribution in [3.05, 3.63) is 106 Å². The van der Waals surface area contributed by atoms with Crippen LogP contribution in [0.1, 0.15) is 45.5 Å². The summed E-state index contributed by atoms with van der Waals surface area (Å²) in [5, 5.41) is 3.74. The lowest BCUT2D eigenvalue weighted by Crippen LogP contribution is -2.11. The van der Waals surface area contributed by atoms with Gasteiger partial charge < -0.3 is 10.5 Å². The van der Waals surface area contributed by atoms with E-state index in [1.165, 1.54) is 48.7 Å². The quantitative estimate of drug-likeness (QED) is 0.262. The first-order valence-electron chi connectivity index (χ1n) is 12.9. The van der Waals surface area contributed by atoms with Gasteiger partial charge in [-0.15, -0.1) is 0 Å². The number of fused-ring (bicyclic) bond motifs is 1. The molecule has 0 bridgehead atoms. The summed E-state index contributed by atoms with van der Waals surface area (Å²) in [6, 6.07) is 11.1. The topological polar surface area (TPSA) is 104 Å². The number of carbonyl (C=O) groups excluding carboxylic acids is 1. The number of rotatable bonds is 8. The van der Waals surface area contributed by atoms with Crippen LogP contribution in [0.25, 0.3) is 11.8 Å². The molecular formula is C30H24F3N3O4S. The number of aromatic nitrogens is 2. The van der Waals surface area contributed by atoms with Crippen LogP contribution in [0.5, 0.6) is 11.5 Å². The minimum atomic E-state index is -3.42. The maximum Gasteiger partial charge on any atom is 0.194 e. The van der Waals surface area contributed by atoms with E-state index >= 15 is 4.39 Å². The van der Waals surface area contributed by atoms with E-state index in [0.717, 1.165) is 10.7 Å². The standard InChI is InChI=1S/C30H24F3N3O4S/c1-16-8-21(40-27-5-3-2-4-24(27)31)13-26(33)28(16)36-30(34)23(14-35-36)29(37)19-9-17-11-20(25(32)12-18(17)10-19)15-41(38,39)22-6-7-22/h2-5,8,10-14,22H,6-7,9,15,34H2,1H3. The van der Waals surface area contributed by atoms with Gasteiger partial charge in [-0.2, -0.15) is 5.10 Å². The van der Waals surface area contributed by atoms with Crippen molar-refractivity contribution >= 4 is 27.5 Å². The molecule has 2 aliphatic carbocycles. The largest absolute Gasteiger partial charge is 0.454 e. The van der Waals surface area contributed by atoms with E-state index in [2.05, 4.69) is 5.10 Å². The Kier molecular flexibility index (Phi) is 6.49. The van der Waals surface area contributed by atoms with Crippen molar-refractivity contribution in [3.63, 3.8) is 0 Å². The van der Waals surface area contributed by atoms with E-state index in [0.29, 0.717) is 35.1 Å². The highest BCUT2D eigenvalue weighted by atomic mass is 32.2. The number of anilines is 1. The van der Waals surface area contributed by atoms with Crippen molar-refractivity contribution in [2.45, 2.75) is 37.2 Å². The molecule has 2 N–H and O–H groups in total. The second-order valence-corrected chi connectivity index (χ2v) is 12.6. The summed E-state index contributed by atoms with van der Waals surface area (Å²) in [6.45, 7) is 1.60. The van der Waals surface area contributed by atoms with Crippen LogP contribution in [0.2, 0.25) is 0 Å². The number of hydrogen-bond acceptors (Lipinski definition) is 6. The second-order valence-electron chi connectivity index (χ2n) is 10.3. The van der Waals surface area contributed by atoms with Gasteiger partial charge in [0, 0.05) is 23.6 Å². The fourth-order valence-electron chi connectivity index (χ4n) is 5.00. The Bertz CT molecular complexity index is 1850. The molecule has 210 valence electrons. The van der Waals surface area contributed by atoms with Gasteiger partial charge in [-0.25, -0.2) is 26.3 Å². The van der Waals surface area contributed by atoms with E-state index in [-0.39, 0.29) is 46.3 Å². The van der Waals surface area contributed by atoms with Gasteiger partial charge in [0.2, 0.25) is 0 Å². The molecule has 6 rings (SSSR count). The number of halogens is 3. The summed E-state index contributed by atoms with van der Waals surface area (Å²) in [5.74, 6) is -2.92. The highest BCUT2D eigenvalue weighted by molar-refractivity contribution is 7.91. The zero-order valence-electron chi connectivity index (χ0n) is 21.8. The monoisotopic (exact) mass is 579 g/mol. The number of para-hydroxylation sites is 1. The minimum absolute atomic E-state index is 0.00490. The SMILES string of the molecule is Cc1cc(Oc2ccccc2F)cc(F)c1-n1ncc(C(=O)C2=Cc3cc(F)c(CS(=O)(=O)C4CC4)cc3C2)c1N. The molecule has 0 aliphatic heterocycles. The number of aryl methyl sites for hydroxylation is 1. The van der Waals surface area contributed by atoms with Crippen LogP contribution in [0, 0.1) is 24.4 Å². The molecule has 0 atom stereocenters. The number of hydrogen-bond donors (Lipinski definition) is 1. The Labute approximate surface area is 234 Å². The number of benzene rings is 3. The van der Waals surface area contributed by atoms with E-state index in [1.807, 2.05) is 0 Å². The molecule has 41 heavy (non-hydrogen) atoms. The van der Waals surface area contributed by atoms with Crippen molar-refractivity contribution in [1.82, 2.24) is 9.78 Å². The van der Waals surface area contributed by atoms with Gasteiger partial charge in [0.05, 0.1) is 22.8 Å². The molecule has 1 saturated carbocycles. The Morgan fingerprint density at radius 2 is 1.83 bits per heavy atom. The minimum Gasteiger partial charge on any atom is -0.454 e. The van der Waals surface area contributed by atoms with Crippen LogP contribution in [0.4, 0.5) is 19.0 Å². The van der Waals surface area contributed by atoms with E-state index in [9.17, 15) is 22.0 Å². The number of nitrogens with zero attached hydrogens (tertiary/aromatic N) is 2. The maximum absolute atomic E-state index is 15.3. The molecular weight excluding hydrogens is 555 g/mol. The van der Waals surface area contributed by atoms with Crippen molar-refractivity contribution in [2.24, 2.45) is 0 Å². The molecule has 4 aromatic rings. The molecule has 11 heteroatoms. The highest BCUT2D eigenvalue weighted by Crippen LogP contribution is 2.35.